The van der Waals surface area contributed by atoms with Crippen LogP contribution in [-0.4, -0.2) is 44.7 Å². The third kappa shape index (κ3) is 4.41. The lowest BCUT2D eigenvalue weighted by atomic mass is 9.85. The molecular formula is C15H19NO7. The number of aryl methyl sites for hydroxylation is 1. The normalized spacial score (nSPS) is 11.7. The molecule has 0 amide bonds. The fraction of sp³-hybridized carbons (Fsp3) is 0.467. The second-order valence-electron chi connectivity index (χ2n) is 4.87. The summed E-state index contributed by atoms with van der Waals surface area (Å²) in [5.74, 6) is -3.72. The summed E-state index contributed by atoms with van der Waals surface area (Å²) in [6, 6.07) is 4.89. The van der Waals surface area contributed by atoms with Gasteiger partial charge in [-0.05, 0) is 24.1 Å². The van der Waals surface area contributed by atoms with Crippen molar-refractivity contribution >= 4 is 11.9 Å². The van der Waals surface area contributed by atoms with E-state index >= 15 is 0 Å². The van der Waals surface area contributed by atoms with Crippen LogP contribution >= 0.6 is 0 Å². The summed E-state index contributed by atoms with van der Waals surface area (Å²) in [7, 11) is 3.68. The van der Waals surface area contributed by atoms with Gasteiger partial charge in [0.25, 0.3) is 0 Å². The van der Waals surface area contributed by atoms with Gasteiger partial charge < -0.3 is 14.2 Å². The molecule has 0 N–H and O–H groups in total. The Morgan fingerprint density at radius 2 is 1.74 bits per heavy atom. The minimum atomic E-state index is -1.43. The Balaban J connectivity index is 3.38. The predicted octanol–water partition coefficient (Wildman–Crippen LogP) is 1.33. The van der Waals surface area contributed by atoms with E-state index in [0.717, 1.165) is 19.8 Å². The molecule has 0 aliphatic heterocycles. The van der Waals surface area contributed by atoms with Gasteiger partial charge in [0.15, 0.2) is 5.92 Å². The highest BCUT2D eigenvalue weighted by atomic mass is 16.6. The molecule has 1 aromatic rings. The fourth-order valence-electron chi connectivity index (χ4n) is 2.31. The van der Waals surface area contributed by atoms with Gasteiger partial charge in [0.2, 0.25) is 6.54 Å². The van der Waals surface area contributed by atoms with Gasteiger partial charge in [-0.15, -0.1) is 0 Å². The van der Waals surface area contributed by atoms with Gasteiger partial charge in [0.1, 0.15) is 5.75 Å². The summed E-state index contributed by atoms with van der Waals surface area (Å²) in [5, 5.41) is 11.0. The van der Waals surface area contributed by atoms with Crippen molar-refractivity contribution in [3.05, 3.63) is 39.4 Å². The number of methoxy groups -OCH3 is 3. The van der Waals surface area contributed by atoms with E-state index in [4.69, 9.17) is 4.74 Å². The summed E-state index contributed by atoms with van der Waals surface area (Å²) in [6.45, 7) is 1.18. The zero-order valence-corrected chi connectivity index (χ0v) is 13.4. The van der Waals surface area contributed by atoms with E-state index in [1.807, 2.05) is 6.92 Å². The molecule has 126 valence electrons. The van der Waals surface area contributed by atoms with E-state index in [1.165, 1.54) is 7.11 Å². The molecular weight excluding hydrogens is 306 g/mol. The molecule has 8 heteroatoms. The minimum Gasteiger partial charge on any atom is -0.496 e. The largest absolute Gasteiger partial charge is 0.496 e. The first-order valence-corrected chi connectivity index (χ1v) is 6.77. The van der Waals surface area contributed by atoms with Crippen LogP contribution in [0.15, 0.2) is 18.2 Å². The highest BCUT2D eigenvalue weighted by molar-refractivity contribution is 5.96. The highest BCUT2D eigenvalue weighted by Gasteiger charge is 2.41. The number of nitrogens with zero attached hydrogens (tertiary/aromatic N) is 1. The lowest BCUT2D eigenvalue weighted by molar-refractivity contribution is -0.484. The molecule has 1 atom stereocenters. The van der Waals surface area contributed by atoms with Gasteiger partial charge in [-0.2, -0.15) is 0 Å². The van der Waals surface area contributed by atoms with Crippen molar-refractivity contribution < 1.29 is 28.7 Å². The predicted molar refractivity (Wildman–Crippen MR) is 79.9 cm³/mol. The van der Waals surface area contributed by atoms with Gasteiger partial charge in [-0.25, -0.2) is 0 Å². The third-order valence-electron chi connectivity index (χ3n) is 3.52. The van der Waals surface area contributed by atoms with Crippen LogP contribution in [0.3, 0.4) is 0 Å². The number of carbonyl (C=O) groups is 2. The smallest absolute Gasteiger partial charge is 0.320 e. The maximum absolute atomic E-state index is 12.0. The van der Waals surface area contributed by atoms with Crippen molar-refractivity contribution in [2.45, 2.75) is 12.8 Å². The Morgan fingerprint density at radius 1 is 1.17 bits per heavy atom. The molecule has 0 unspecified atom stereocenters. The van der Waals surface area contributed by atoms with Crippen molar-refractivity contribution in [2.75, 3.05) is 27.9 Å². The van der Waals surface area contributed by atoms with Crippen LogP contribution < -0.4 is 4.74 Å². The summed E-state index contributed by atoms with van der Waals surface area (Å²) in [4.78, 5) is 34.3. The van der Waals surface area contributed by atoms with E-state index in [9.17, 15) is 19.7 Å². The van der Waals surface area contributed by atoms with E-state index < -0.39 is 35.2 Å². The van der Waals surface area contributed by atoms with Crippen molar-refractivity contribution in [1.82, 2.24) is 0 Å². The third-order valence-corrected chi connectivity index (χ3v) is 3.52. The van der Waals surface area contributed by atoms with Crippen LogP contribution in [0.2, 0.25) is 0 Å². The Morgan fingerprint density at radius 3 is 2.17 bits per heavy atom. The molecule has 0 saturated carbocycles. The number of rotatable bonds is 7. The maximum atomic E-state index is 12.0. The van der Waals surface area contributed by atoms with Crippen LogP contribution in [0.5, 0.6) is 5.75 Å². The molecule has 0 aromatic heterocycles. The SMILES string of the molecule is COC(=O)C(C(=O)OC)[C@H](C[N+](=O)[O-])c1ccc(C)c(OC)c1. The molecule has 0 heterocycles. The fourth-order valence-corrected chi connectivity index (χ4v) is 2.31. The monoisotopic (exact) mass is 325 g/mol. The van der Waals surface area contributed by atoms with Gasteiger partial charge in [0.05, 0.1) is 27.2 Å². The first-order valence-electron chi connectivity index (χ1n) is 6.77. The molecule has 0 spiro atoms. The molecule has 1 aromatic carbocycles. The quantitative estimate of drug-likeness (QED) is 0.322. The Hall–Kier alpha value is -2.64. The van der Waals surface area contributed by atoms with Gasteiger partial charge in [-0.3, -0.25) is 19.7 Å². The van der Waals surface area contributed by atoms with Crippen molar-refractivity contribution in [3.63, 3.8) is 0 Å². The minimum absolute atomic E-state index is 0.421. The zero-order chi connectivity index (χ0) is 17.6. The molecule has 0 fully saturated rings. The molecule has 1 rings (SSSR count). The Kier molecular flexibility index (Phi) is 6.49. The number of benzene rings is 1. The molecule has 0 radical (unpaired) electrons. The van der Waals surface area contributed by atoms with Crippen LogP contribution in [0, 0.1) is 23.0 Å². The van der Waals surface area contributed by atoms with Crippen molar-refractivity contribution in [3.8, 4) is 5.75 Å². The molecule has 0 aliphatic rings. The summed E-state index contributed by atoms with van der Waals surface area (Å²) < 4.78 is 14.4. The van der Waals surface area contributed by atoms with E-state index in [0.29, 0.717) is 11.3 Å². The number of esters is 2. The van der Waals surface area contributed by atoms with Crippen LogP contribution in [-0.2, 0) is 19.1 Å². The highest BCUT2D eigenvalue weighted by Crippen LogP contribution is 2.31. The van der Waals surface area contributed by atoms with Crippen LogP contribution in [0.4, 0.5) is 0 Å². The maximum Gasteiger partial charge on any atom is 0.320 e. The number of hydrogen-bond donors (Lipinski definition) is 0. The summed E-state index contributed by atoms with van der Waals surface area (Å²) >= 11 is 0. The zero-order valence-electron chi connectivity index (χ0n) is 13.4. The van der Waals surface area contributed by atoms with E-state index in [2.05, 4.69) is 9.47 Å². The van der Waals surface area contributed by atoms with E-state index in [1.54, 1.807) is 18.2 Å². The lowest BCUT2D eigenvalue weighted by Gasteiger charge is -2.21. The number of nitro groups is 1. The summed E-state index contributed by atoms with van der Waals surface area (Å²) in [5.41, 5.74) is 1.24. The van der Waals surface area contributed by atoms with Crippen LogP contribution in [0.1, 0.15) is 17.0 Å². The number of carbonyl (C=O) groups excluding carboxylic acids is 2. The molecule has 0 bridgehead atoms. The number of ether oxygens (including phenoxy) is 3. The second-order valence-corrected chi connectivity index (χ2v) is 4.87. The lowest BCUT2D eigenvalue weighted by Crippen LogP contribution is -2.35. The average Bonchev–Trinajstić information content (AvgIpc) is 2.53. The van der Waals surface area contributed by atoms with Gasteiger partial charge in [0, 0.05) is 4.92 Å². The molecule has 23 heavy (non-hydrogen) atoms. The topological polar surface area (TPSA) is 105 Å². The Labute approximate surface area is 133 Å². The van der Waals surface area contributed by atoms with Gasteiger partial charge >= 0.3 is 11.9 Å². The molecule has 0 aliphatic carbocycles. The Bertz CT molecular complexity index is 583. The van der Waals surface area contributed by atoms with Gasteiger partial charge in [-0.1, -0.05) is 12.1 Å². The standard InChI is InChI=1S/C15H19NO7/c1-9-5-6-10(7-12(9)21-2)11(8-16(19)20)13(14(17)22-3)15(18)23-4/h5-7,11,13H,8H2,1-4H3/t11-/m1/s1. The average molecular weight is 325 g/mol. The first kappa shape index (κ1) is 18.4. The molecule has 0 saturated heterocycles. The summed E-state index contributed by atoms with van der Waals surface area (Å²) in [6.07, 6.45) is 0. The van der Waals surface area contributed by atoms with Crippen molar-refractivity contribution in [1.29, 1.82) is 0 Å². The van der Waals surface area contributed by atoms with Crippen molar-refractivity contribution in [2.24, 2.45) is 5.92 Å². The number of hydrogen-bond acceptors (Lipinski definition) is 7. The van der Waals surface area contributed by atoms with Crippen LogP contribution in [0.25, 0.3) is 0 Å². The second kappa shape index (κ2) is 8.11. The first-order chi connectivity index (χ1) is 10.8. The molecule has 8 nitrogen and oxygen atoms in total. The van der Waals surface area contributed by atoms with E-state index in [-0.39, 0.29) is 0 Å².